The number of esters is 2. The SMILES string of the molecule is CCC(=O)CCC(=O)OC1(CC)C(=O)OCc2c1cc1n(c2=O)Cc2cc3c(CN(C)C)c(O)ccc3nc2-1. The van der Waals surface area contributed by atoms with Crippen LogP contribution in [-0.4, -0.2) is 51.4 Å². The summed E-state index contributed by atoms with van der Waals surface area (Å²) in [6.07, 6.45) is 0.205. The highest BCUT2D eigenvalue weighted by Crippen LogP contribution is 2.41. The largest absolute Gasteiger partial charge is 0.508 e. The summed E-state index contributed by atoms with van der Waals surface area (Å²) in [6.45, 7) is 3.95. The van der Waals surface area contributed by atoms with Gasteiger partial charge in [-0.3, -0.25) is 14.4 Å². The van der Waals surface area contributed by atoms with Gasteiger partial charge in [-0.05, 0) is 44.8 Å². The molecular formula is C29H31N3O7. The molecule has 1 aromatic carbocycles. The lowest BCUT2D eigenvalue weighted by molar-refractivity contribution is -0.189. The van der Waals surface area contributed by atoms with Crippen LogP contribution in [0.5, 0.6) is 5.75 Å². The fourth-order valence-electron chi connectivity index (χ4n) is 5.40. The minimum atomic E-state index is -1.79. The Bertz CT molecular complexity index is 1590. The van der Waals surface area contributed by atoms with Gasteiger partial charge in [0.1, 0.15) is 18.1 Å². The van der Waals surface area contributed by atoms with E-state index in [0.717, 1.165) is 16.5 Å². The zero-order valence-electron chi connectivity index (χ0n) is 22.5. The normalized spacial score (nSPS) is 17.5. The van der Waals surface area contributed by atoms with E-state index < -0.39 is 17.5 Å². The second kappa shape index (κ2) is 9.92. The molecule has 3 aromatic rings. The number of phenolic OH excluding ortho intramolecular Hbond substituents is 1. The number of pyridine rings is 2. The first-order valence-electron chi connectivity index (χ1n) is 13.1. The number of carbonyl (C=O) groups is 3. The van der Waals surface area contributed by atoms with Crippen molar-refractivity contribution in [2.24, 2.45) is 0 Å². The number of phenols is 1. The first-order valence-corrected chi connectivity index (χ1v) is 13.1. The van der Waals surface area contributed by atoms with Gasteiger partial charge in [0.2, 0.25) is 5.60 Å². The fraction of sp³-hybridized carbons (Fsp3) is 0.414. The number of nitrogens with zero attached hydrogens (tertiary/aromatic N) is 3. The third-order valence-electron chi connectivity index (χ3n) is 7.51. The number of ether oxygens (including phenoxy) is 2. The van der Waals surface area contributed by atoms with E-state index in [1.807, 2.05) is 25.1 Å². The summed E-state index contributed by atoms with van der Waals surface area (Å²) < 4.78 is 12.7. The first-order chi connectivity index (χ1) is 18.6. The lowest BCUT2D eigenvalue weighted by atomic mass is 9.85. The number of carbonyl (C=O) groups excluding carboxylic acids is 3. The Kier molecular flexibility index (Phi) is 6.76. The van der Waals surface area contributed by atoms with E-state index in [9.17, 15) is 24.3 Å². The van der Waals surface area contributed by atoms with E-state index in [1.54, 1.807) is 36.6 Å². The summed E-state index contributed by atoms with van der Waals surface area (Å²) in [7, 11) is 3.83. The lowest BCUT2D eigenvalue weighted by Crippen LogP contribution is -2.47. The molecule has 0 spiro atoms. The van der Waals surface area contributed by atoms with Crippen LogP contribution in [0.3, 0.4) is 0 Å². The van der Waals surface area contributed by atoms with Gasteiger partial charge in [0.25, 0.3) is 5.56 Å². The molecule has 1 unspecified atom stereocenters. The molecule has 0 fully saturated rings. The van der Waals surface area contributed by atoms with Crippen LogP contribution in [0.15, 0.2) is 29.1 Å². The quantitative estimate of drug-likeness (QED) is 0.340. The number of fused-ring (bicyclic) bond motifs is 5. The number of hydrogen-bond acceptors (Lipinski definition) is 9. The van der Waals surface area contributed by atoms with Crippen molar-refractivity contribution in [1.82, 2.24) is 14.5 Å². The van der Waals surface area contributed by atoms with E-state index in [0.29, 0.717) is 35.4 Å². The van der Waals surface area contributed by atoms with Gasteiger partial charge in [-0.15, -0.1) is 0 Å². The number of rotatable bonds is 8. The molecule has 5 rings (SSSR count). The third-order valence-corrected chi connectivity index (χ3v) is 7.51. The highest BCUT2D eigenvalue weighted by molar-refractivity contribution is 5.90. The molecule has 0 amide bonds. The van der Waals surface area contributed by atoms with Crippen LogP contribution in [0, 0.1) is 0 Å². The van der Waals surface area contributed by atoms with Crippen LogP contribution in [0.1, 0.15) is 61.8 Å². The monoisotopic (exact) mass is 533 g/mol. The Balaban J connectivity index is 1.63. The molecule has 4 heterocycles. The van der Waals surface area contributed by atoms with Gasteiger partial charge >= 0.3 is 11.9 Å². The van der Waals surface area contributed by atoms with Crippen molar-refractivity contribution in [2.45, 2.75) is 64.8 Å². The number of hydrogen-bond donors (Lipinski definition) is 1. The molecular weight excluding hydrogens is 502 g/mol. The Morgan fingerprint density at radius 1 is 1.18 bits per heavy atom. The van der Waals surface area contributed by atoms with Crippen molar-refractivity contribution in [1.29, 1.82) is 0 Å². The number of ketones is 1. The van der Waals surface area contributed by atoms with Crippen molar-refractivity contribution in [3.8, 4) is 17.1 Å². The average molecular weight is 534 g/mol. The number of Topliss-reactive ketones (excluding diaryl/α,β-unsaturated/α-hetero) is 1. The van der Waals surface area contributed by atoms with Crippen LogP contribution in [0.2, 0.25) is 0 Å². The Morgan fingerprint density at radius 2 is 1.95 bits per heavy atom. The van der Waals surface area contributed by atoms with Crippen LogP contribution >= 0.6 is 0 Å². The molecule has 2 aromatic heterocycles. The lowest BCUT2D eigenvalue weighted by Gasteiger charge is -2.35. The Hall–Kier alpha value is -4.05. The van der Waals surface area contributed by atoms with E-state index in [1.165, 1.54) is 0 Å². The zero-order valence-corrected chi connectivity index (χ0v) is 22.5. The molecule has 0 saturated heterocycles. The number of aromatic hydroxyl groups is 1. The summed E-state index contributed by atoms with van der Waals surface area (Å²) in [6, 6.07) is 6.99. The molecule has 2 aliphatic heterocycles. The second-order valence-electron chi connectivity index (χ2n) is 10.3. The molecule has 0 bridgehead atoms. The van der Waals surface area contributed by atoms with Crippen molar-refractivity contribution >= 4 is 28.6 Å². The Morgan fingerprint density at radius 3 is 2.64 bits per heavy atom. The predicted octanol–water partition coefficient (Wildman–Crippen LogP) is 3.16. The topological polar surface area (TPSA) is 128 Å². The second-order valence-corrected chi connectivity index (χ2v) is 10.3. The van der Waals surface area contributed by atoms with E-state index >= 15 is 0 Å². The minimum Gasteiger partial charge on any atom is -0.508 e. The van der Waals surface area contributed by atoms with E-state index in [4.69, 9.17) is 14.5 Å². The zero-order chi connectivity index (χ0) is 28.1. The molecule has 0 aliphatic carbocycles. The maximum atomic E-state index is 13.7. The fourth-order valence-corrected chi connectivity index (χ4v) is 5.40. The molecule has 10 heteroatoms. The number of benzene rings is 1. The smallest absolute Gasteiger partial charge is 0.355 e. The molecule has 1 atom stereocenters. The summed E-state index contributed by atoms with van der Waals surface area (Å²) in [5, 5.41) is 11.3. The Labute approximate surface area is 225 Å². The molecule has 204 valence electrons. The van der Waals surface area contributed by atoms with Gasteiger partial charge in [0.15, 0.2) is 0 Å². The maximum absolute atomic E-state index is 13.7. The molecule has 39 heavy (non-hydrogen) atoms. The van der Waals surface area contributed by atoms with Gasteiger partial charge in [-0.25, -0.2) is 9.78 Å². The summed E-state index contributed by atoms with van der Waals surface area (Å²) in [4.78, 5) is 58.1. The molecule has 0 saturated carbocycles. The number of aromatic nitrogens is 2. The highest BCUT2D eigenvalue weighted by Gasteiger charge is 2.50. The summed E-state index contributed by atoms with van der Waals surface area (Å²) in [5.74, 6) is -1.36. The van der Waals surface area contributed by atoms with Crippen LogP contribution in [0.4, 0.5) is 0 Å². The molecule has 10 nitrogen and oxygen atoms in total. The predicted molar refractivity (Wildman–Crippen MR) is 142 cm³/mol. The first kappa shape index (κ1) is 26.6. The third kappa shape index (κ3) is 4.38. The number of cyclic esters (lactones) is 1. The maximum Gasteiger partial charge on any atom is 0.355 e. The van der Waals surface area contributed by atoms with Gasteiger partial charge in [0.05, 0.1) is 35.4 Å². The van der Waals surface area contributed by atoms with Crippen LogP contribution < -0.4 is 5.56 Å². The van der Waals surface area contributed by atoms with Gasteiger partial charge in [0, 0.05) is 41.5 Å². The molecule has 1 N–H and O–H groups in total. The van der Waals surface area contributed by atoms with E-state index in [2.05, 4.69) is 0 Å². The average Bonchev–Trinajstić information content (AvgIpc) is 3.27. The standard InChI is InChI=1S/C29H31N3O7/c1-5-17(33)7-10-25(35)39-29(6-2)21-12-23-26-16(13-32(23)27(36)20(21)15-38-28(29)37)11-18-19(14-31(3)4)24(34)9-8-22(18)30-26/h8-9,11-12,34H,5-7,10,13-15H2,1-4H3. The van der Waals surface area contributed by atoms with Gasteiger partial charge in [-0.2, -0.15) is 0 Å². The van der Waals surface area contributed by atoms with Crippen molar-refractivity contribution < 1.29 is 29.0 Å². The van der Waals surface area contributed by atoms with Gasteiger partial charge in [-0.1, -0.05) is 13.8 Å². The van der Waals surface area contributed by atoms with Crippen molar-refractivity contribution in [2.75, 3.05) is 14.1 Å². The van der Waals surface area contributed by atoms with Crippen molar-refractivity contribution in [3.05, 3.63) is 56.9 Å². The molecule has 0 radical (unpaired) electrons. The summed E-state index contributed by atoms with van der Waals surface area (Å²) >= 11 is 0. The highest BCUT2D eigenvalue weighted by atomic mass is 16.6. The summed E-state index contributed by atoms with van der Waals surface area (Å²) in [5.41, 5.74) is 1.72. The van der Waals surface area contributed by atoms with Crippen LogP contribution in [-0.2, 0) is 49.2 Å². The van der Waals surface area contributed by atoms with E-state index in [-0.39, 0.29) is 55.1 Å². The van der Waals surface area contributed by atoms with Gasteiger partial charge < -0.3 is 24.0 Å². The van der Waals surface area contributed by atoms with Crippen molar-refractivity contribution in [3.63, 3.8) is 0 Å². The molecule has 2 aliphatic rings. The van der Waals surface area contributed by atoms with Crippen LogP contribution in [0.25, 0.3) is 22.3 Å². The minimum absolute atomic E-state index is 0.0135.